The van der Waals surface area contributed by atoms with Crippen LogP contribution in [-0.4, -0.2) is 286 Å². The molecule has 0 amide bonds. The minimum Gasteiger partial charge on any atom is -0.505 e. The summed E-state index contributed by atoms with van der Waals surface area (Å²) >= 11 is 12.5. The van der Waals surface area contributed by atoms with E-state index in [1.807, 2.05) is 0 Å². The number of phenols is 1. The third-order valence-corrected chi connectivity index (χ3v) is 20.2. The molecule has 31 atom stereocenters. The molecule has 6 N–H and O–H groups in total. The van der Waals surface area contributed by atoms with E-state index in [1.165, 1.54) is 49.2 Å². The maximum atomic E-state index is 13.6. The Labute approximate surface area is 557 Å². The Balaban J connectivity index is 0.722. The number of Topliss-reactive ketones (excluding diaryl/α,β-unsaturated/α-hetero) is 1. The number of aromatic hydroxyl groups is 1. The molecule has 10 fully saturated rings. The van der Waals surface area contributed by atoms with Crippen molar-refractivity contribution < 1.29 is 154 Å². The smallest absolute Gasteiger partial charge is 0.342 e. The minimum atomic E-state index is -2.13. The van der Waals surface area contributed by atoms with E-state index in [0.29, 0.717) is 0 Å². The normalized spacial score (nSPS) is 47.3. The van der Waals surface area contributed by atoms with Gasteiger partial charge >= 0.3 is 17.9 Å². The van der Waals surface area contributed by atoms with E-state index in [9.17, 15) is 45.0 Å². The molecule has 0 aliphatic carbocycles. The molecule has 10 aliphatic heterocycles. The van der Waals surface area contributed by atoms with Crippen LogP contribution < -0.4 is 4.74 Å². The number of hydrogen-bond donors (Lipinski definition) is 6. The summed E-state index contributed by atoms with van der Waals surface area (Å²) in [7, 11) is 5.35. The SMILES string of the molecule is COC[C@H]1O[C@@H](OC2OCC3O[C@]4(OC3[C@H]2OC(=O)C(C)C)O[C@H](C)[C@@](O)(C(C)=O)C2OCOC24)[C@@H](OC)[C@@H](O)[C@@H]1O[C@@H]1O[C@H](C)[C@H](OC)[C@H](O[C@H]2C[C@@]3(C)OC4(C[C@@H](O)[C@H](O[C@H]5C[C@@H](O)[C@H](OC(=O)c6c(C)c(Cl)c(O)c(Cl)c6OC)[C@@H](C)O5)[C@@H](C)O4)OC3[C@@H](C)O2)[C@H]1O. The van der Waals surface area contributed by atoms with E-state index in [4.69, 9.17) is 132 Å². The summed E-state index contributed by atoms with van der Waals surface area (Å²) in [5, 5.41) is 69.1. The highest BCUT2D eigenvalue weighted by atomic mass is 35.5. The van der Waals surface area contributed by atoms with Crippen molar-refractivity contribution in [2.24, 2.45) is 5.92 Å². The fraction of sp³-hybridized carbons (Fsp3) is 0.852. The maximum Gasteiger partial charge on any atom is 0.342 e. The Kier molecular flexibility index (Phi) is 21.9. The van der Waals surface area contributed by atoms with Gasteiger partial charge in [0.2, 0.25) is 6.29 Å². The second-order valence-electron chi connectivity index (χ2n) is 26.2. The maximum absolute atomic E-state index is 13.6. The minimum absolute atomic E-state index is 0.00299. The number of halogens is 2. The van der Waals surface area contributed by atoms with Crippen molar-refractivity contribution in [2.45, 2.75) is 277 Å². The van der Waals surface area contributed by atoms with Gasteiger partial charge in [-0.1, -0.05) is 37.0 Å². The second kappa shape index (κ2) is 28.4. The molecule has 32 nitrogen and oxygen atoms in total. The van der Waals surface area contributed by atoms with Crippen LogP contribution in [-0.2, 0) is 114 Å². The highest BCUT2D eigenvalue weighted by Crippen LogP contribution is 2.53. The van der Waals surface area contributed by atoms with E-state index in [-0.39, 0.29) is 66.2 Å². The molecule has 11 rings (SSSR count). The number of fused-ring (bicyclic) bond motifs is 4. The van der Waals surface area contributed by atoms with Gasteiger partial charge in [0.25, 0.3) is 5.97 Å². The molecule has 0 saturated carbocycles. The number of aliphatic hydroxyl groups is 5. The molecule has 1 aromatic carbocycles. The van der Waals surface area contributed by atoms with Gasteiger partial charge in [0, 0.05) is 34.2 Å². The number of esters is 2. The van der Waals surface area contributed by atoms with Crippen LogP contribution in [0, 0.1) is 12.8 Å². The Hall–Kier alpha value is -2.99. The van der Waals surface area contributed by atoms with Crippen molar-refractivity contribution in [3.05, 3.63) is 21.2 Å². The molecule has 0 aromatic heterocycles. The Morgan fingerprint density at radius 1 is 0.653 bits per heavy atom. The quantitative estimate of drug-likeness (QED) is 0.112. The van der Waals surface area contributed by atoms with E-state index < -0.39 is 218 Å². The molecular weight excluding hydrogens is 1320 g/mol. The second-order valence-corrected chi connectivity index (χ2v) is 27.0. The Morgan fingerprint density at radius 3 is 1.99 bits per heavy atom. The summed E-state index contributed by atoms with van der Waals surface area (Å²) in [4.78, 5) is 39.8. The lowest BCUT2D eigenvalue weighted by atomic mass is 9.81. The van der Waals surface area contributed by atoms with Crippen molar-refractivity contribution in [1.29, 1.82) is 0 Å². The number of methoxy groups -OCH3 is 4. The number of phenolic OH excluding ortho intramolecular Hbond substituents is 1. The Morgan fingerprint density at radius 2 is 1.34 bits per heavy atom. The zero-order valence-corrected chi connectivity index (χ0v) is 56.5. The molecule has 10 aliphatic rings. The third-order valence-electron chi connectivity index (χ3n) is 19.4. The molecular formula is C61H88Cl2O32. The zero-order chi connectivity index (χ0) is 68.9. The summed E-state index contributed by atoms with van der Waals surface area (Å²) in [6.07, 6.45) is -32.8. The summed E-state index contributed by atoms with van der Waals surface area (Å²) in [5.74, 6) is -7.41. The number of carbonyl (C=O) groups is 3. The first-order valence-corrected chi connectivity index (χ1v) is 32.5. The number of hydrogen-bond acceptors (Lipinski definition) is 32. The molecule has 2 spiro atoms. The number of aliphatic hydroxyl groups excluding tert-OH is 4. The van der Waals surface area contributed by atoms with Crippen LogP contribution in [0.3, 0.4) is 0 Å². The first-order chi connectivity index (χ1) is 44.9. The standard InChI is InChI=1S/C61H88Cl2O32/c1-21(2)53(70)87-49-45-32(92-61(93-45)52-51(78-20-79-52)60(72,27(8)64)28(9)91-61)19-77-56(49)89-57-48(76-14)39(68)44(31(83-57)18-73-11)88-55-40(69)47(43(74-12)24(5)82-55)85-34-17-58(10)50(26(7)81-34)94-59(95-58)16-30(66)42(25(6)90-59)84-33-15-29(65)41(23(4)80-33)86-54(71)35-22(3)36(62)38(67)37(63)46(35)75-13/h21,23-26,28-34,39-45,47-52,55-57,65-69,72H,15-20H2,1-14H3/t23-,24-,25-,26-,28-,29-,30-,31-,32?,33+,34+,39+,40-,41-,42-,43+,44-,45?,47-,48+,49-,50?,51?,52?,55+,56?,57+,58-,59?,60+,61-/m1/s1. The molecule has 1 aromatic rings. The highest BCUT2D eigenvalue weighted by molar-refractivity contribution is 6.39. The van der Waals surface area contributed by atoms with Crippen molar-refractivity contribution in [3.8, 4) is 11.5 Å². The average Bonchev–Trinajstić information content (AvgIpc) is 1.59. The van der Waals surface area contributed by atoms with Crippen LogP contribution in [0.4, 0.5) is 0 Å². The molecule has 0 bridgehead atoms. The number of carbonyl (C=O) groups excluding carboxylic acids is 3. The van der Waals surface area contributed by atoms with Gasteiger partial charge in [0.15, 0.2) is 66.4 Å². The molecule has 10 saturated heterocycles. The molecule has 95 heavy (non-hydrogen) atoms. The largest absolute Gasteiger partial charge is 0.505 e. The zero-order valence-electron chi connectivity index (χ0n) is 55.0. The van der Waals surface area contributed by atoms with Crippen LogP contribution in [0.5, 0.6) is 11.5 Å². The number of ketones is 1. The van der Waals surface area contributed by atoms with E-state index in [2.05, 4.69) is 0 Å². The number of rotatable bonds is 18. The lowest BCUT2D eigenvalue weighted by molar-refractivity contribution is -0.428. The van der Waals surface area contributed by atoms with E-state index in [1.54, 1.807) is 48.5 Å². The Bertz CT molecular complexity index is 2890. The van der Waals surface area contributed by atoms with Crippen molar-refractivity contribution >= 4 is 40.9 Å². The summed E-state index contributed by atoms with van der Waals surface area (Å²) in [6.45, 7) is 15.0. The van der Waals surface area contributed by atoms with Crippen molar-refractivity contribution in [2.75, 3.05) is 48.4 Å². The van der Waals surface area contributed by atoms with Crippen molar-refractivity contribution in [3.63, 3.8) is 0 Å². The number of ether oxygens (including phenoxy) is 23. The van der Waals surface area contributed by atoms with Crippen LogP contribution in [0.2, 0.25) is 10.0 Å². The lowest BCUT2D eigenvalue weighted by Crippen LogP contribution is -2.72. The first-order valence-electron chi connectivity index (χ1n) is 31.7. The van der Waals surface area contributed by atoms with Crippen molar-refractivity contribution in [1.82, 2.24) is 0 Å². The van der Waals surface area contributed by atoms with Gasteiger partial charge in [-0.15, -0.1) is 0 Å². The van der Waals surface area contributed by atoms with Gasteiger partial charge in [-0.3, -0.25) is 9.59 Å². The van der Waals surface area contributed by atoms with Crippen LogP contribution in [0.25, 0.3) is 0 Å². The van der Waals surface area contributed by atoms with Crippen LogP contribution >= 0.6 is 23.2 Å². The van der Waals surface area contributed by atoms with E-state index >= 15 is 0 Å². The van der Waals surface area contributed by atoms with Crippen LogP contribution in [0.15, 0.2) is 0 Å². The predicted molar refractivity (Wildman–Crippen MR) is 313 cm³/mol. The highest BCUT2D eigenvalue weighted by Gasteiger charge is 2.73. The van der Waals surface area contributed by atoms with Crippen LogP contribution in [0.1, 0.15) is 97.5 Å². The van der Waals surface area contributed by atoms with Gasteiger partial charge in [0.05, 0.1) is 80.4 Å². The summed E-state index contributed by atoms with van der Waals surface area (Å²) in [5.41, 5.74) is -3.34. The first kappa shape index (κ1) is 73.2. The summed E-state index contributed by atoms with van der Waals surface area (Å²) in [6, 6.07) is 0. The topological polar surface area (TPSA) is 385 Å². The molecule has 34 heteroatoms. The predicted octanol–water partition coefficient (Wildman–Crippen LogP) is 1.05. The monoisotopic (exact) mass is 1400 g/mol. The van der Waals surface area contributed by atoms with E-state index in [0.717, 1.165) is 0 Å². The van der Waals surface area contributed by atoms with Gasteiger partial charge in [-0.05, 0) is 61.0 Å². The van der Waals surface area contributed by atoms with Gasteiger partial charge in [0.1, 0.15) is 96.2 Å². The fourth-order valence-corrected chi connectivity index (χ4v) is 15.1. The molecule has 0 radical (unpaired) electrons. The number of benzene rings is 1. The average molecular weight is 1400 g/mol. The van der Waals surface area contributed by atoms with Gasteiger partial charge < -0.3 is 140 Å². The molecule has 538 valence electrons. The lowest BCUT2D eigenvalue weighted by Gasteiger charge is -2.49. The fourth-order valence-electron chi connectivity index (χ4n) is 14.6. The third kappa shape index (κ3) is 13.4. The van der Waals surface area contributed by atoms with Gasteiger partial charge in [-0.2, -0.15) is 0 Å². The van der Waals surface area contributed by atoms with Gasteiger partial charge in [-0.25, -0.2) is 4.79 Å². The molecule has 10 heterocycles. The molecule has 7 unspecified atom stereocenters. The summed E-state index contributed by atoms with van der Waals surface area (Å²) < 4.78 is 142.